The minimum absolute atomic E-state index is 0.636. The monoisotopic (exact) mass is 239 g/mol. The van der Waals surface area contributed by atoms with Gasteiger partial charge in [0.1, 0.15) is 0 Å². The van der Waals surface area contributed by atoms with Gasteiger partial charge in [0.2, 0.25) is 0 Å². The van der Waals surface area contributed by atoms with Crippen LogP contribution in [-0.4, -0.2) is 35.5 Å². The van der Waals surface area contributed by atoms with Crippen molar-refractivity contribution >= 4 is 11.8 Å². The van der Waals surface area contributed by atoms with E-state index in [0.717, 1.165) is 6.54 Å². The van der Waals surface area contributed by atoms with Crippen molar-refractivity contribution in [1.82, 2.24) is 4.90 Å². The highest BCUT2D eigenvalue weighted by atomic mass is 32.2. The van der Waals surface area contributed by atoms with Crippen molar-refractivity contribution < 1.29 is 5.11 Å². The molecule has 0 aliphatic carbocycles. The fourth-order valence-electron chi connectivity index (χ4n) is 1.84. The summed E-state index contributed by atoms with van der Waals surface area (Å²) >= 11 is 1.77. The molecule has 3 heteroatoms. The Morgan fingerprint density at radius 3 is 2.50 bits per heavy atom. The van der Waals surface area contributed by atoms with E-state index in [-0.39, 0.29) is 0 Å². The molecule has 1 aromatic carbocycles. The predicted octanol–water partition coefficient (Wildman–Crippen LogP) is 2.61. The van der Waals surface area contributed by atoms with Crippen molar-refractivity contribution in [3.05, 3.63) is 29.8 Å². The Morgan fingerprint density at radius 2 is 1.94 bits per heavy atom. The molecule has 0 fully saturated rings. The third-order valence-electron chi connectivity index (χ3n) is 2.29. The highest BCUT2D eigenvalue weighted by Crippen LogP contribution is 2.21. The number of rotatable bonds is 5. The summed E-state index contributed by atoms with van der Waals surface area (Å²) < 4.78 is 0. The Morgan fingerprint density at radius 1 is 1.31 bits per heavy atom. The quantitative estimate of drug-likeness (QED) is 0.799. The molecule has 1 rings (SSSR count). The molecule has 0 aliphatic heterocycles. The first-order valence-electron chi connectivity index (χ1n) is 5.45. The lowest BCUT2D eigenvalue weighted by molar-refractivity contribution is 0.0423. The molecule has 0 radical (unpaired) electrons. The van der Waals surface area contributed by atoms with E-state index < -0.39 is 5.60 Å². The average Bonchev–Trinajstić information content (AvgIpc) is 2.15. The zero-order valence-electron chi connectivity index (χ0n) is 10.5. The summed E-state index contributed by atoms with van der Waals surface area (Å²) in [5.41, 5.74) is 0.685. The maximum atomic E-state index is 9.75. The molecule has 0 aliphatic rings. The Labute approximate surface area is 103 Å². The molecule has 0 unspecified atom stereocenters. The standard InChI is InChI=1S/C13H21NOS/c1-13(2,15)10-14(3)9-11-7-5-6-8-12(11)16-4/h5-8,15H,9-10H2,1-4H3. The highest BCUT2D eigenvalue weighted by Gasteiger charge is 2.16. The van der Waals surface area contributed by atoms with E-state index in [0.29, 0.717) is 6.54 Å². The lowest BCUT2D eigenvalue weighted by Gasteiger charge is -2.26. The summed E-state index contributed by atoms with van der Waals surface area (Å²) in [6.07, 6.45) is 2.09. The van der Waals surface area contributed by atoms with Gasteiger partial charge in [-0.15, -0.1) is 11.8 Å². The van der Waals surface area contributed by atoms with Crippen LogP contribution >= 0.6 is 11.8 Å². The Bertz CT molecular complexity index is 333. The second-order valence-corrected chi connectivity index (χ2v) is 5.64. The molecule has 1 aromatic rings. The molecular weight excluding hydrogens is 218 g/mol. The normalized spacial score (nSPS) is 12.1. The van der Waals surface area contributed by atoms with Gasteiger partial charge in [-0.3, -0.25) is 4.90 Å². The van der Waals surface area contributed by atoms with Gasteiger partial charge in [0.25, 0.3) is 0 Å². The Kier molecular flexibility index (Phi) is 4.84. The van der Waals surface area contributed by atoms with Gasteiger partial charge in [0.05, 0.1) is 5.60 Å². The third-order valence-corrected chi connectivity index (χ3v) is 3.13. The molecule has 2 nitrogen and oxygen atoms in total. The van der Waals surface area contributed by atoms with E-state index in [4.69, 9.17) is 0 Å². The fraction of sp³-hybridized carbons (Fsp3) is 0.538. The molecule has 0 bridgehead atoms. The molecule has 0 atom stereocenters. The first-order chi connectivity index (χ1) is 7.42. The molecular formula is C13H21NOS. The van der Waals surface area contributed by atoms with E-state index in [2.05, 4.69) is 35.4 Å². The van der Waals surface area contributed by atoms with Crippen LogP contribution in [0, 0.1) is 0 Å². The topological polar surface area (TPSA) is 23.5 Å². The average molecular weight is 239 g/mol. The van der Waals surface area contributed by atoms with Gasteiger partial charge >= 0.3 is 0 Å². The van der Waals surface area contributed by atoms with Crippen LogP contribution in [0.4, 0.5) is 0 Å². The first-order valence-corrected chi connectivity index (χ1v) is 6.67. The number of nitrogens with zero attached hydrogens (tertiary/aromatic N) is 1. The fourth-order valence-corrected chi connectivity index (χ4v) is 2.45. The number of hydrogen-bond acceptors (Lipinski definition) is 3. The van der Waals surface area contributed by atoms with E-state index in [1.54, 1.807) is 11.8 Å². The van der Waals surface area contributed by atoms with Crippen LogP contribution < -0.4 is 0 Å². The highest BCUT2D eigenvalue weighted by molar-refractivity contribution is 7.98. The van der Waals surface area contributed by atoms with Crippen LogP contribution in [0.15, 0.2) is 29.2 Å². The van der Waals surface area contributed by atoms with Gasteiger partial charge in [0.15, 0.2) is 0 Å². The third kappa shape index (κ3) is 4.56. The molecule has 0 heterocycles. The summed E-state index contributed by atoms with van der Waals surface area (Å²) in [6.45, 7) is 5.23. The molecule has 0 saturated heterocycles. The van der Waals surface area contributed by atoms with Gasteiger partial charge < -0.3 is 5.11 Å². The molecule has 1 N–H and O–H groups in total. The molecule has 0 aromatic heterocycles. The van der Waals surface area contributed by atoms with E-state index in [9.17, 15) is 5.11 Å². The summed E-state index contributed by atoms with van der Waals surface area (Å²) in [7, 11) is 2.04. The zero-order chi connectivity index (χ0) is 12.2. The summed E-state index contributed by atoms with van der Waals surface area (Å²) in [6, 6.07) is 8.41. The lowest BCUT2D eigenvalue weighted by atomic mass is 10.1. The number of benzene rings is 1. The SMILES string of the molecule is CSc1ccccc1CN(C)CC(C)(C)O. The second-order valence-electron chi connectivity index (χ2n) is 4.80. The van der Waals surface area contributed by atoms with E-state index in [1.165, 1.54) is 10.5 Å². The van der Waals surface area contributed by atoms with Gasteiger partial charge in [-0.25, -0.2) is 0 Å². The van der Waals surface area contributed by atoms with Crippen molar-refractivity contribution in [2.45, 2.75) is 30.9 Å². The van der Waals surface area contributed by atoms with Crippen molar-refractivity contribution in [2.75, 3.05) is 19.8 Å². The molecule has 16 heavy (non-hydrogen) atoms. The molecule has 90 valence electrons. The smallest absolute Gasteiger partial charge is 0.0718 e. The summed E-state index contributed by atoms with van der Waals surface area (Å²) in [5, 5.41) is 9.75. The number of likely N-dealkylation sites (N-methyl/N-ethyl adjacent to an activating group) is 1. The molecule has 0 amide bonds. The Balaban J connectivity index is 2.65. The second kappa shape index (κ2) is 5.71. The number of thioether (sulfide) groups is 1. The largest absolute Gasteiger partial charge is 0.389 e. The van der Waals surface area contributed by atoms with Crippen molar-refractivity contribution in [1.29, 1.82) is 0 Å². The van der Waals surface area contributed by atoms with Gasteiger partial charge in [0, 0.05) is 18.0 Å². The number of aliphatic hydroxyl groups is 1. The molecule has 0 saturated carbocycles. The number of hydrogen-bond donors (Lipinski definition) is 1. The van der Waals surface area contributed by atoms with Crippen LogP contribution in [0.25, 0.3) is 0 Å². The van der Waals surface area contributed by atoms with Crippen LogP contribution in [0.2, 0.25) is 0 Å². The van der Waals surface area contributed by atoms with Crippen molar-refractivity contribution in [3.63, 3.8) is 0 Å². The van der Waals surface area contributed by atoms with Crippen molar-refractivity contribution in [3.8, 4) is 0 Å². The summed E-state index contributed by atoms with van der Waals surface area (Å²) in [5.74, 6) is 0. The van der Waals surface area contributed by atoms with Crippen LogP contribution in [0.1, 0.15) is 19.4 Å². The zero-order valence-corrected chi connectivity index (χ0v) is 11.3. The molecule has 0 spiro atoms. The van der Waals surface area contributed by atoms with E-state index >= 15 is 0 Å². The van der Waals surface area contributed by atoms with Crippen LogP contribution in [-0.2, 0) is 6.54 Å². The summed E-state index contributed by atoms with van der Waals surface area (Å²) in [4.78, 5) is 3.46. The minimum atomic E-state index is -0.636. The lowest BCUT2D eigenvalue weighted by Crippen LogP contribution is -2.35. The first kappa shape index (κ1) is 13.6. The van der Waals surface area contributed by atoms with Crippen LogP contribution in [0.5, 0.6) is 0 Å². The predicted molar refractivity (Wildman–Crippen MR) is 70.9 cm³/mol. The Hall–Kier alpha value is -0.510. The van der Waals surface area contributed by atoms with Crippen molar-refractivity contribution in [2.24, 2.45) is 0 Å². The van der Waals surface area contributed by atoms with Crippen LogP contribution in [0.3, 0.4) is 0 Å². The van der Waals surface area contributed by atoms with Gasteiger partial charge in [-0.1, -0.05) is 18.2 Å². The van der Waals surface area contributed by atoms with E-state index in [1.807, 2.05) is 20.9 Å². The van der Waals surface area contributed by atoms with Gasteiger partial charge in [-0.05, 0) is 38.8 Å². The maximum absolute atomic E-state index is 9.75. The maximum Gasteiger partial charge on any atom is 0.0718 e. The van der Waals surface area contributed by atoms with Gasteiger partial charge in [-0.2, -0.15) is 0 Å². The minimum Gasteiger partial charge on any atom is -0.389 e.